The van der Waals surface area contributed by atoms with Crippen molar-refractivity contribution >= 4 is 11.9 Å². The van der Waals surface area contributed by atoms with Crippen molar-refractivity contribution in [3.05, 3.63) is 48.3 Å². The minimum Gasteiger partial charge on any atom is -0.497 e. The third kappa shape index (κ3) is 8.03. The van der Waals surface area contributed by atoms with Crippen LogP contribution in [0.2, 0.25) is 0 Å². The van der Waals surface area contributed by atoms with E-state index >= 15 is 0 Å². The van der Waals surface area contributed by atoms with Crippen molar-refractivity contribution in [3.63, 3.8) is 0 Å². The van der Waals surface area contributed by atoms with Crippen molar-refractivity contribution in [3.8, 4) is 11.5 Å². The fraction of sp³-hybridized carbons (Fsp3) is 0.400. The second-order valence-corrected chi connectivity index (χ2v) is 4.99. The maximum atomic E-state index is 12.1. The predicted molar refractivity (Wildman–Crippen MR) is 100 cm³/mol. The molecular formula is C20H26O8. The topological polar surface area (TPSA) is 89.5 Å². The molecule has 8 heteroatoms. The highest BCUT2D eigenvalue weighted by molar-refractivity contribution is 5.88. The minimum atomic E-state index is -0.696. The van der Waals surface area contributed by atoms with Crippen LogP contribution in [0, 0.1) is 0 Å². The molecule has 0 bridgehead atoms. The van der Waals surface area contributed by atoms with Crippen molar-refractivity contribution in [2.24, 2.45) is 0 Å². The number of carbonyl (C=O) groups is 2. The Bertz CT molecular complexity index is 617. The summed E-state index contributed by atoms with van der Waals surface area (Å²) in [5.41, 5.74) is 0. The SMILES string of the molecule is CCO/C=C(\OCC)C(=O)Oc1ccc(OC(=O)/C(=C/OCC)OCC)cc1. The van der Waals surface area contributed by atoms with Crippen LogP contribution < -0.4 is 9.47 Å². The molecule has 0 amide bonds. The molecule has 8 nitrogen and oxygen atoms in total. The Morgan fingerprint density at radius 1 is 0.679 bits per heavy atom. The van der Waals surface area contributed by atoms with Crippen LogP contribution in [0.1, 0.15) is 27.7 Å². The smallest absolute Gasteiger partial charge is 0.382 e. The van der Waals surface area contributed by atoms with Crippen LogP contribution in [0.25, 0.3) is 0 Å². The second-order valence-electron chi connectivity index (χ2n) is 4.99. The lowest BCUT2D eigenvalue weighted by Gasteiger charge is -2.10. The van der Waals surface area contributed by atoms with Gasteiger partial charge in [0, 0.05) is 0 Å². The molecule has 1 rings (SSSR count). The molecule has 0 spiro atoms. The lowest BCUT2D eigenvalue weighted by molar-refractivity contribution is -0.135. The molecule has 0 atom stereocenters. The van der Waals surface area contributed by atoms with Gasteiger partial charge in [-0.1, -0.05) is 0 Å². The number of hydrogen-bond donors (Lipinski definition) is 0. The zero-order valence-corrected chi connectivity index (χ0v) is 16.6. The molecular weight excluding hydrogens is 368 g/mol. The van der Waals surface area contributed by atoms with Crippen molar-refractivity contribution in [2.75, 3.05) is 26.4 Å². The molecule has 0 unspecified atom stereocenters. The van der Waals surface area contributed by atoms with Gasteiger partial charge in [-0.05, 0) is 52.0 Å². The van der Waals surface area contributed by atoms with Crippen LogP contribution >= 0.6 is 0 Å². The fourth-order valence-electron chi connectivity index (χ4n) is 1.80. The maximum Gasteiger partial charge on any atom is 0.382 e. The lowest BCUT2D eigenvalue weighted by atomic mass is 10.3. The average molecular weight is 394 g/mol. The quantitative estimate of drug-likeness (QED) is 0.231. The summed E-state index contributed by atoms with van der Waals surface area (Å²) in [4.78, 5) is 24.2. The molecule has 28 heavy (non-hydrogen) atoms. The molecule has 0 aliphatic rings. The fourth-order valence-corrected chi connectivity index (χ4v) is 1.80. The lowest BCUT2D eigenvalue weighted by Crippen LogP contribution is -2.15. The summed E-state index contributed by atoms with van der Waals surface area (Å²) in [6.45, 7) is 8.43. The van der Waals surface area contributed by atoms with Crippen molar-refractivity contribution in [1.82, 2.24) is 0 Å². The summed E-state index contributed by atoms with van der Waals surface area (Å²) >= 11 is 0. The molecule has 1 aromatic carbocycles. The van der Waals surface area contributed by atoms with E-state index in [2.05, 4.69) is 0 Å². The van der Waals surface area contributed by atoms with Crippen LogP contribution in [-0.4, -0.2) is 38.4 Å². The van der Waals surface area contributed by atoms with Gasteiger partial charge in [0.25, 0.3) is 0 Å². The van der Waals surface area contributed by atoms with Gasteiger partial charge in [-0.15, -0.1) is 0 Å². The van der Waals surface area contributed by atoms with Crippen LogP contribution in [0.4, 0.5) is 0 Å². The van der Waals surface area contributed by atoms with E-state index < -0.39 is 11.9 Å². The highest BCUT2D eigenvalue weighted by Crippen LogP contribution is 2.20. The van der Waals surface area contributed by atoms with E-state index in [1.54, 1.807) is 27.7 Å². The van der Waals surface area contributed by atoms with E-state index in [1.807, 2.05) is 0 Å². The van der Waals surface area contributed by atoms with Gasteiger partial charge >= 0.3 is 11.9 Å². The van der Waals surface area contributed by atoms with Gasteiger partial charge in [-0.25, -0.2) is 9.59 Å². The van der Waals surface area contributed by atoms with Crippen molar-refractivity contribution < 1.29 is 38.0 Å². The molecule has 154 valence electrons. The molecule has 0 heterocycles. The van der Waals surface area contributed by atoms with Gasteiger partial charge in [0.15, 0.2) is 0 Å². The Labute approximate surface area is 164 Å². The van der Waals surface area contributed by atoms with Gasteiger partial charge in [-0.3, -0.25) is 0 Å². The molecule has 1 aromatic rings. The Kier molecular flexibility index (Phi) is 10.7. The average Bonchev–Trinajstić information content (AvgIpc) is 2.69. The highest BCUT2D eigenvalue weighted by atomic mass is 16.6. The van der Waals surface area contributed by atoms with Crippen molar-refractivity contribution in [2.45, 2.75) is 27.7 Å². The van der Waals surface area contributed by atoms with Gasteiger partial charge < -0.3 is 28.4 Å². The predicted octanol–water partition coefficient (Wildman–Crippen LogP) is 3.33. The Hall–Kier alpha value is -3.16. The molecule has 0 saturated heterocycles. The standard InChI is InChI=1S/C20H26O8/c1-5-23-13-17(25-7-3)19(21)27-15-9-11-16(12-10-15)28-20(22)18(26-8-4)14-24-6-2/h9-14H,5-8H2,1-4H3/b17-13-,18-14-. The van der Waals surface area contributed by atoms with Gasteiger partial charge in [0.1, 0.15) is 24.0 Å². The highest BCUT2D eigenvalue weighted by Gasteiger charge is 2.16. The number of carbonyl (C=O) groups excluding carboxylic acids is 2. The maximum absolute atomic E-state index is 12.1. The van der Waals surface area contributed by atoms with Gasteiger partial charge in [0.2, 0.25) is 11.5 Å². The first-order valence-corrected chi connectivity index (χ1v) is 8.99. The van der Waals surface area contributed by atoms with E-state index in [-0.39, 0.29) is 23.0 Å². The first kappa shape index (κ1) is 22.9. The zero-order chi connectivity index (χ0) is 20.8. The number of rotatable bonds is 12. The van der Waals surface area contributed by atoms with Gasteiger partial charge in [-0.2, -0.15) is 0 Å². The third-order valence-electron chi connectivity index (χ3n) is 2.96. The van der Waals surface area contributed by atoms with Crippen LogP contribution in [0.5, 0.6) is 11.5 Å². The Morgan fingerprint density at radius 2 is 1.04 bits per heavy atom. The zero-order valence-electron chi connectivity index (χ0n) is 16.6. The number of hydrogen-bond acceptors (Lipinski definition) is 8. The van der Waals surface area contributed by atoms with E-state index in [0.717, 1.165) is 0 Å². The molecule has 0 aliphatic heterocycles. The largest absolute Gasteiger partial charge is 0.497 e. The number of ether oxygens (including phenoxy) is 6. The van der Waals surface area contributed by atoms with E-state index in [4.69, 9.17) is 28.4 Å². The second kappa shape index (κ2) is 13.1. The van der Waals surface area contributed by atoms with Gasteiger partial charge in [0.05, 0.1) is 26.4 Å². The summed E-state index contributed by atoms with van der Waals surface area (Å²) in [5.74, 6) is -0.968. The summed E-state index contributed by atoms with van der Waals surface area (Å²) in [6, 6.07) is 5.93. The Morgan fingerprint density at radius 3 is 1.32 bits per heavy atom. The summed E-state index contributed by atoms with van der Waals surface area (Å²) in [5, 5.41) is 0. The summed E-state index contributed by atoms with van der Waals surface area (Å²) in [6.07, 6.45) is 2.42. The van der Waals surface area contributed by atoms with Crippen LogP contribution in [0.15, 0.2) is 48.3 Å². The van der Waals surface area contributed by atoms with E-state index in [1.165, 1.54) is 36.8 Å². The van der Waals surface area contributed by atoms with Crippen LogP contribution in [0.3, 0.4) is 0 Å². The third-order valence-corrected chi connectivity index (χ3v) is 2.96. The molecule has 0 aliphatic carbocycles. The molecule has 0 N–H and O–H groups in total. The molecule has 0 radical (unpaired) electrons. The van der Waals surface area contributed by atoms with E-state index in [0.29, 0.717) is 26.4 Å². The molecule has 0 saturated carbocycles. The molecule has 0 aromatic heterocycles. The summed E-state index contributed by atoms with van der Waals surface area (Å²) < 4.78 is 31.0. The summed E-state index contributed by atoms with van der Waals surface area (Å²) in [7, 11) is 0. The first-order valence-electron chi connectivity index (χ1n) is 8.99. The number of benzene rings is 1. The van der Waals surface area contributed by atoms with E-state index in [9.17, 15) is 9.59 Å². The van der Waals surface area contributed by atoms with Crippen molar-refractivity contribution in [1.29, 1.82) is 0 Å². The number of esters is 2. The normalized spacial score (nSPS) is 11.4. The minimum absolute atomic E-state index is 0.0396. The Balaban J connectivity index is 2.74. The first-order chi connectivity index (χ1) is 13.5. The monoisotopic (exact) mass is 394 g/mol. The van der Waals surface area contributed by atoms with Crippen LogP contribution in [-0.2, 0) is 28.5 Å². The molecule has 0 fully saturated rings.